The Balaban J connectivity index is 0.00000169. The molecule has 0 aromatic heterocycles. The molecule has 0 spiro atoms. The maximum atomic E-state index is 10.5. The van der Waals surface area contributed by atoms with Gasteiger partial charge in [-0.1, -0.05) is 0 Å². The summed E-state index contributed by atoms with van der Waals surface area (Å²) in [6.07, 6.45) is 0. The topological polar surface area (TPSA) is 97.7 Å². The summed E-state index contributed by atoms with van der Waals surface area (Å²) in [7, 11) is -4.63. The van der Waals surface area contributed by atoms with E-state index >= 15 is 0 Å². The van der Waals surface area contributed by atoms with Crippen LogP contribution in [0.15, 0.2) is 17.0 Å². The summed E-state index contributed by atoms with van der Waals surface area (Å²) in [5.41, 5.74) is 0.132. The van der Waals surface area contributed by atoms with Crippen LogP contribution >= 0.6 is 0 Å². The van der Waals surface area contributed by atoms with Crippen molar-refractivity contribution in [1.29, 1.82) is 0 Å². The van der Waals surface area contributed by atoms with Crippen LogP contribution in [0.5, 0.6) is 11.5 Å². The summed E-state index contributed by atoms with van der Waals surface area (Å²) in [5, 5.41) is 18.2. The molecule has 1 aromatic carbocycles. The van der Waals surface area contributed by atoms with Crippen LogP contribution in [0.4, 0.5) is 0 Å². The molecule has 0 amide bonds. The Morgan fingerprint density at radius 2 is 1.57 bits per heavy atom. The molecule has 0 fully saturated rings. The van der Waals surface area contributed by atoms with E-state index < -0.39 is 26.5 Å². The Hall–Kier alpha value is -0.270. The molecule has 0 radical (unpaired) electrons. The number of hydrogen-bond donors (Lipinski definition) is 2. The van der Waals surface area contributed by atoms with E-state index in [0.29, 0.717) is 0 Å². The van der Waals surface area contributed by atoms with Gasteiger partial charge < -0.3 is 14.8 Å². The molecule has 0 unspecified atom stereocenters. The number of aromatic hydroxyl groups is 2. The molecule has 0 saturated carbocycles. The van der Waals surface area contributed by atoms with E-state index in [0.717, 1.165) is 12.1 Å². The van der Waals surface area contributed by atoms with Gasteiger partial charge in [-0.25, -0.2) is 8.42 Å². The molecule has 14 heavy (non-hydrogen) atoms. The van der Waals surface area contributed by atoms with Gasteiger partial charge in [-0.05, 0) is 19.1 Å². The van der Waals surface area contributed by atoms with Gasteiger partial charge >= 0.3 is 29.6 Å². The monoisotopic (exact) mass is 226 g/mol. The Kier molecular flexibility index (Phi) is 4.41. The first-order valence-electron chi connectivity index (χ1n) is 3.31. The van der Waals surface area contributed by atoms with Crippen LogP contribution in [0.2, 0.25) is 0 Å². The van der Waals surface area contributed by atoms with Crippen LogP contribution in [0, 0.1) is 6.92 Å². The Bertz CT molecular complexity index is 416. The first-order valence-corrected chi connectivity index (χ1v) is 4.71. The summed E-state index contributed by atoms with van der Waals surface area (Å²) in [6.45, 7) is 1.39. The smallest absolute Gasteiger partial charge is 0.744 e. The van der Waals surface area contributed by atoms with E-state index in [-0.39, 0.29) is 35.1 Å². The first kappa shape index (κ1) is 13.7. The fourth-order valence-electron chi connectivity index (χ4n) is 0.803. The van der Waals surface area contributed by atoms with Crippen molar-refractivity contribution in [2.45, 2.75) is 11.8 Å². The minimum absolute atomic E-state index is 0. The molecule has 72 valence electrons. The largest absolute Gasteiger partial charge is 1.00 e. The fraction of sp³-hybridized carbons (Fsp3) is 0.143. The third-order valence-corrected chi connectivity index (χ3v) is 2.43. The fourth-order valence-corrected chi connectivity index (χ4v) is 1.32. The second kappa shape index (κ2) is 4.50. The maximum Gasteiger partial charge on any atom is 1.00 e. The van der Waals surface area contributed by atoms with Crippen LogP contribution in [0.1, 0.15) is 5.56 Å². The van der Waals surface area contributed by atoms with E-state index in [4.69, 9.17) is 10.2 Å². The zero-order chi connectivity index (χ0) is 10.2. The second-order valence-corrected chi connectivity index (χ2v) is 3.92. The van der Waals surface area contributed by atoms with Crippen molar-refractivity contribution in [3.05, 3.63) is 17.7 Å². The van der Waals surface area contributed by atoms with Crippen LogP contribution in [0.3, 0.4) is 0 Å². The average molecular weight is 226 g/mol. The Morgan fingerprint density at radius 3 is 1.86 bits per heavy atom. The quantitative estimate of drug-likeness (QED) is 0.401. The number of phenols is 2. The van der Waals surface area contributed by atoms with Gasteiger partial charge in [-0.3, -0.25) is 0 Å². The molecule has 0 bridgehead atoms. The normalized spacial score (nSPS) is 10.7. The molecule has 1 rings (SSSR count). The number of benzene rings is 1. The summed E-state index contributed by atoms with van der Waals surface area (Å²) >= 11 is 0. The Labute approximate surface area is 103 Å². The molecule has 0 heterocycles. The maximum absolute atomic E-state index is 10.5. The van der Waals surface area contributed by atoms with Crippen molar-refractivity contribution in [1.82, 2.24) is 0 Å². The summed E-state index contributed by atoms with van der Waals surface area (Å²) in [4.78, 5) is -0.645. The van der Waals surface area contributed by atoms with Gasteiger partial charge in [-0.15, -0.1) is 0 Å². The number of phenolic OH excluding ortho intramolecular Hbond substituents is 2. The van der Waals surface area contributed by atoms with Crippen molar-refractivity contribution < 1.29 is 52.7 Å². The zero-order valence-electron chi connectivity index (χ0n) is 7.68. The van der Waals surface area contributed by atoms with Gasteiger partial charge in [0, 0.05) is 5.56 Å². The van der Waals surface area contributed by atoms with Crippen molar-refractivity contribution in [2.24, 2.45) is 0 Å². The minimum Gasteiger partial charge on any atom is -0.744 e. The molecule has 0 saturated heterocycles. The van der Waals surface area contributed by atoms with Crippen LogP contribution < -0.4 is 29.6 Å². The van der Waals surface area contributed by atoms with Crippen molar-refractivity contribution in [3.8, 4) is 11.5 Å². The standard InChI is InChI=1S/C7H8O5S.Na/c1-4-6(8)2-5(3-7(4)9)13(10,11)12;/h2-3,8-9H,1H3,(H,10,11,12);/q;+1/p-1. The molecular formula is C7H7NaO5S. The van der Waals surface area contributed by atoms with Gasteiger partial charge in [-0.2, -0.15) is 0 Å². The van der Waals surface area contributed by atoms with Gasteiger partial charge in [0.1, 0.15) is 21.6 Å². The van der Waals surface area contributed by atoms with E-state index in [9.17, 15) is 13.0 Å². The van der Waals surface area contributed by atoms with Crippen LogP contribution in [-0.2, 0) is 10.1 Å². The Morgan fingerprint density at radius 1 is 1.21 bits per heavy atom. The van der Waals surface area contributed by atoms with Gasteiger partial charge in [0.15, 0.2) is 0 Å². The molecule has 0 aliphatic heterocycles. The summed E-state index contributed by atoms with van der Waals surface area (Å²) < 4.78 is 31.4. The van der Waals surface area contributed by atoms with Crippen molar-refractivity contribution in [2.75, 3.05) is 0 Å². The molecule has 2 N–H and O–H groups in total. The van der Waals surface area contributed by atoms with Crippen LogP contribution in [0.25, 0.3) is 0 Å². The van der Waals surface area contributed by atoms with E-state index in [1.54, 1.807) is 0 Å². The minimum atomic E-state index is -4.63. The third-order valence-electron chi connectivity index (χ3n) is 1.62. The van der Waals surface area contributed by atoms with Crippen molar-refractivity contribution >= 4 is 10.1 Å². The summed E-state index contributed by atoms with van der Waals surface area (Å²) in [5.74, 6) is -0.844. The average Bonchev–Trinajstić information content (AvgIpc) is 1.97. The zero-order valence-corrected chi connectivity index (χ0v) is 10.5. The van der Waals surface area contributed by atoms with Gasteiger partial charge in [0.2, 0.25) is 0 Å². The van der Waals surface area contributed by atoms with Crippen molar-refractivity contribution in [3.63, 3.8) is 0 Å². The number of hydrogen-bond acceptors (Lipinski definition) is 5. The predicted molar refractivity (Wildman–Crippen MR) is 42.5 cm³/mol. The molecule has 5 nitrogen and oxygen atoms in total. The molecule has 0 aliphatic carbocycles. The molecular weight excluding hydrogens is 219 g/mol. The molecule has 7 heteroatoms. The third kappa shape index (κ3) is 2.86. The first-order chi connectivity index (χ1) is 5.82. The van der Waals surface area contributed by atoms with E-state index in [1.165, 1.54) is 6.92 Å². The molecule has 1 aromatic rings. The van der Waals surface area contributed by atoms with E-state index in [1.807, 2.05) is 0 Å². The summed E-state index contributed by atoms with van der Waals surface area (Å²) in [6, 6.07) is 1.61. The number of rotatable bonds is 1. The van der Waals surface area contributed by atoms with E-state index in [2.05, 4.69) is 0 Å². The molecule has 0 atom stereocenters. The predicted octanol–water partition coefficient (Wildman–Crippen LogP) is -2.69. The van der Waals surface area contributed by atoms with Crippen LogP contribution in [-0.4, -0.2) is 23.2 Å². The van der Waals surface area contributed by atoms with Gasteiger partial charge in [0.05, 0.1) is 4.90 Å². The van der Waals surface area contributed by atoms with Gasteiger partial charge in [0.25, 0.3) is 0 Å². The molecule has 0 aliphatic rings. The second-order valence-electron chi connectivity index (χ2n) is 2.54. The SMILES string of the molecule is Cc1c(O)cc(S(=O)(=O)[O-])cc1O.[Na+].